The summed E-state index contributed by atoms with van der Waals surface area (Å²) in [4.78, 5) is 10.8. The first-order valence-electron chi connectivity index (χ1n) is 4.58. The molecule has 2 rings (SSSR count). The van der Waals surface area contributed by atoms with Crippen LogP contribution in [0.2, 0.25) is 0 Å². The number of amides is 1. The van der Waals surface area contributed by atoms with Crippen molar-refractivity contribution in [2.75, 3.05) is 6.54 Å². The molecule has 16 heavy (non-hydrogen) atoms. The summed E-state index contributed by atoms with van der Waals surface area (Å²) in [7, 11) is 0. The van der Waals surface area contributed by atoms with Crippen molar-refractivity contribution in [2.45, 2.75) is 12.3 Å². The van der Waals surface area contributed by atoms with Gasteiger partial charge in [0.05, 0.1) is 12.1 Å². The number of rotatable bonds is 1. The van der Waals surface area contributed by atoms with E-state index in [1.807, 2.05) is 0 Å². The highest BCUT2D eigenvalue weighted by atomic mass is 19.4. The molecule has 86 valence electrons. The van der Waals surface area contributed by atoms with E-state index in [1.54, 1.807) is 0 Å². The lowest BCUT2D eigenvalue weighted by Crippen LogP contribution is -2.12. The quantitative estimate of drug-likeness (QED) is 0.806. The Morgan fingerprint density at radius 2 is 2.12 bits per heavy atom. The van der Waals surface area contributed by atoms with Crippen molar-refractivity contribution < 1.29 is 22.7 Å². The van der Waals surface area contributed by atoms with E-state index in [2.05, 4.69) is 5.32 Å². The maximum atomic E-state index is 12.4. The molecule has 1 N–H and O–H groups in total. The van der Waals surface area contributed by atoms with Crippen LogP contribution in [0.5, 0.6) is 0 Å². The Bertz CT molecular complexity index is 417. The lowest BCUT2D eigenvalue weighted by atomic mass is 10.1. The Morgan fingerprint density at radius 3 is 2.69 bits per heavy atom. The topological polar surface area (TPSA) is 38.3 Å². The first-order valence-corrected chi connectivity index (χ1v) is 4.58. The predicted octanol–water partition coefficient (Wildman–Crippen LogP) is 2.49. The summed E-state index contributed by atoms with van der Waals surface area (Å²) in [5, 5.41) is 2.38. The number of hydrogen-bond donors (Lipinski definition) is 1. The maximum absolute atomic E-state index is 12.4. The maximum Gasteiger partial charge on any atom is 0.416 e. The van der Waals surface area contributed by atoms with Crippen LogP contribution in [-0.4, -0.2) is 12.6 Å². The van der Waals surface area contributed by atoms with Crippen LogP contribution in [0.15, 0.2) is 24.3 Å². The Balaban J connectivity index is 2.26. The Morgan fingerprint density at radius 1 is 1.38 bits per heavy atom. The van der Waals surface area contributed by atoms with Gasteiger partial charge in [-0.15, -0.1) is 0 Å². The Labute approximate surface area is 89.2 Å². The van der Waals surface area contributed by atoms with E-state index in [1.165, 1.54) is 12.1 Å². The third-order valence-corrected chi connectivity index (χ3v) is 2.27. The molecule has 1 aromatic carbocycles. The van der Waals surface area contributed by atoms with Crippen LogP contribution in [-0.2, 0) is 10.9 Å². The number of benzene rings is 1. The molecular formula is C10H8F3NO2. The van der Waals surface area contributed by atoms with Gasteiger partial charge < -0.3 is 10.1 Å². The van der Waals surface area contributed by atoms with Gasteiger partial charge in [0.25, 0.3) is 0 Å². The number of cyclic esters (lactones) is 1. The Kier molecular flexibility index (Phi) is 2.49. The van der Waals surface area contributed by atoms with Crippen molar-refractivity contribution in [3.63, 3.8) is 0 Å². The summed E-state index contributed by atoms with van der Waals surface area (Å²) in [5.41, 5.74) is -0.402. The molecule has 0 spiro atoms. The minimum atomic E-state index is -4.38. The van der Waals surface area contributed by atoms with Crippen LogP contribution in [0, 0.1) is 0 Å². The van der Waals surface area contributed by atoms with E-state index in [9.17, 15) is 18.0 Å². The van der Waals surface area contributed by atoms with Crippen molar-refractivity contribution in [3.8, 4) is 0 Å². The summed E-state index contributed by atoms with van der Waals surface area (Å²) in [5.74, 6) is 0. The smallest absolute Gasteiger partial charge is 0.416 e. The number of carbonyl (C=O) groups excluding carboxylic acids is 1. The van der Waals surface area contributed by atoms with Crippen molar-refractivity contribution in [2.24, 2.45) is 0 Å². The van der Waals surface area contributed by atoms with Gasteiger partial charge >= 0.3 is 12.3 Å². The molecule has 1 aromatic rings. The highest BCUT2D eigenvalue weighted by molar-refractivity contribution is 5.69. The molecule has 1 aliphatic heterocycles. The van der Waals surface area contributed by atoms with Crippen LogP contribution in [0.3, 0.4) is 0 Å². The molecule has 0 bridgehead atoms. The summed E-state index contributed by atoms with van der Waals surface area (Å²) in [6, 6.07) is 4.77. The summed E-state index contributed by atoms with van der Waals surface area (Å²) in [6.45, 7) is 0.195. The molecule has 3 nitrogen and oxygen atoms in total. The molecule has 0 saturated carbocycles. The van der Waals surface area contributed by atoms with Crippen LogP contribution < -0.4 is 5.32 Å². The van der Waals surface area contributed by atoms with E-state index in [0.717, 1.165) is 12.1 Å². The van der Waals surface area contributed by atoms with Gasteiger partial charge in [-0.25, -0.2) is 4.79 Å². The van der Waals surface area contributed by atoms with Crippen molar-refractivity contribution in [3.05, 3.63) is 35.4 Å². The third kappa shape index (κ3) is 2.10. The molecule has 1 fully saturated rings. The van der Waals surface area contributed by atoms with E-state index in [0.29, 0.717) is 5.56 Å². The number of alkyl halides is 3. The monoisotopic (exact) mass is 231 g/mol. The number of halogens is 3. The zero-order valence-corrected chi connectivity index (χ0v) is 8.04. The van der Waals surface area contributed by atoms with Crippen LogP contribution in [0.1, 0.15) is 17.2 Å². The van der Waals surface area contributed by atoms with Crippen molar-refractivity contribution >= 4 is 6.09 Å². The zero-order chi connectivity index (χ0) is 11.8. The molecule has 1 aliphatic rings. The predicted molar refractivity (Wildman–Crippen MR) is 48.7 cm³/mol. The second-order valence-electron chi connectivity index (χ2n) is 3.40. The first kappa shape index (κ1) is 10.8. The van der Waals surface area contributed by atoms with Crippen molar-refractivity contribution in [1.82, 2.24) is 5.32 Å². The molecule has 0 aliphatic carbocycles. The lowest BCUT2D eigenvalue weighted by Gasteiger charge is -2.11. The Hall–Kier alpha value is -1.72. The molecule has 0 aromatic heterocycles. The minimum Gasteiger partial charge on any atom is -0.439 e. The summed E-state index contributed by atoms with van der Waals surface area (Å²) in [6.07, 6.45) is -5.64. The second-order valence-corrected chi connectivity index (χ2v) is 3.40. The second kappa shape index (κ2) is 3.70. The largest absolute Gasteiger partial charge is 0.439 e. The van der Waals surface area contributed by atoms with Gasteiger partial charge in [-0.1, -0.05) is 12.1 Å². The SMILES string of the molecule is O=C1NCC(c2cccc(C(F)(F)F)c2)O1. The molecule has 0 radical (unpaired) electrons. The average Bonchev–Trinajstić information content (AvgIpc) is 2.64. The van der Waals surface area contributed by atoms with Gasteiger partial charge in [0.2, 0.25) is 0 Å². The fourth-order valence-electron chi connectivity index (χ4n) is 1.49. The van der Waals surface area contributed by atoms with E-state index in [-0.39, 0.29) is 6.54 Å². The van der Waals surface area contributed by atoms with Crippen LogP contribution >= 0.6 is 0 Å². The molecule has 1 atom stereocenters. The summed E-state index contributed by atoms with van der Waals surface area (Å²) >= 11 is 0. The van der Waals surface area contributed by atoms with Crippen molar-refractivity contribution in [1.29, 1.82) is 0 Å². The number of carbonyl (C=O) groups is 1. The standard InChI is InChI=1S/C10H8F3NO2/c11-10(12,13)7-3-1-2-6(4-7)8-5-14-9(15)16-8/h1-4,8H,5H2,(H,14,15). The molecule has 1 unspecified atom stereocenters. The van der Waals surface area contributed by atoms with Gasteiger partial charge in [-0.3, -0.25) is 0 Å². The molecule has 1 amide bonds. The van der Waals surface area contributed by atoms with Crippen LogP contribution in [0.4, 0.5) is 18.0 Å². The summed E-state index contributed by atoms with van der Waals surface area (Å²) < 4.78 is 42.0. The highest BCUT2D eigenvalue weighted by Crippen LogP contribution is 2.31. The van der Waals surface area contributed by atoms with Gasteiger partial charge in [0, 0.05) is 0 Å². The number of alkyl carbamates (subject to hydrolysis) is 1. The van der Waals surface area contributed by atoms with E-state index in [4.69, 9.17) is 4.74 Å². The lowest BCUT2D eigenvalue weighted by molar-refractivity contribution is -0.137. The number of ether oxygens (including phenoxy) is 1. The van der Waals surface area contributed by atoms with Gasteiger partial charge in [-0.05, 0) is 17.7 Å². The average molecular weight is 231 g/mol. The normalized spacial score (nSPS) is 20.4. The number of hydrogen-bond acceptors (Lipinski definition) is 2. The molecule has 6 heteroatoms. The van der Waals surface area contributed by atoms with Crippen LogP contribution in [0.25, 0.3) is 0 Å². The molecular weight excluding hydrogens is 223 g/mol. The van der Waals surface area contributed by atoms with Gasteiger partial charge in [0.15, 0.2) is 0 Å². The fraction of sp³-hybridized carbons (Fsp3) is 0.300. The van der Waals surface area contributed by atoms with Gasteiger partial charge in [-0.2, -0.15) is 13.2 Å². The van der Waals surface area contributed by atoms with E-state index < -0.39 is 23.9 Å². The molecule has 1 saturated heterocycles. The highest BCUT2D eigenvalue weighted by Gasteiger charge is 2.32. The number of nitrogens with one attached hydrogen (secondary N) is 1. The minimum absolute atomic E-state index is 0.195. The zero-order valence-electron chi connectivity index (χ0n) is 8.04. The molecule has 1 heterocycles. The van der Waals surface area contributed by atoms with Gasteiger partial charge in [0.1, 0.15) is 6.10 Å². The first-order chi connectivity index (χ1) is 7.47. The van der Waals surface area contributed by atoms with E-state index >= 15 is 0 Å². The fourth-order valence-corrected chi connectivity index (χ4v) is 1.49. The third-order valence-electron chi connectivity index (χ3n) is 2.27.